The van der Waals surface area contributed by atoms with Gasteiger partial charge in [-0.1, -0.05) is 76.2 Å². The molecule has 0 unspecified atom stereocenters. The van der Waals surface area contributed by atoms with E-state index >= 15 is 0 Å². The van der Waals surface area contributed by atoms with E-state index in [1.807, 2.05) is 0 Å². The Labute approximate surface area is 296 Å². The molecule has 0 aromatic heterocycles. The molecule has 0 spiro atoms. The highest BCUT2D eigenvalue weighted by Crippen LogP contribution is 2.77. The Hall–Kier alpha value is -2.82. The summed E-state index contributed by atoms with van der Waals surface area (Å²) in [5.41, 5.74) is 0.400. The number of ether oxygens (including phenoxy) is 1. The molecule has 1 heterocycles. The molecule has 1 saturated carbocycles. The molecule has 1 saturated heterocycles. The fraction of sp³-hybridized carbons (Fsp3) is 0.194. The summed E-state index contributed by atoms with van der Waals surface area (Å²) >= 11 is 45.6. The first-order valence-corrected chi connectivity index (χ1v) is 16.0. The van der Waals surface area contributed by atoms with Crippen LogP contribution in [-0.4, -0.2) is 60.1 Å². The number of hydrogen-bond donors (Lipinski definition) is 0. The number of ketones is 1. The predicted octanol–water partition coefficient (Wildman–Crippen LogP) is 7.25. The number of hydrazine groups is 1. The number of Topliss-reactive ketones (excluding diaryl/α,β-unsaturated/α-hetero) is 1. The second-order valence-corrected chi connectivity index (χ2v) is 14.4. The van der Waals surface area contributed by atoms with Gasteiger partial charge in [0.2, 0.25) is 0 Å². The fourth-order valence-corrected chi connectivity index (χ4v) is 8.92. The summed E-state index contributed by atoms with van der Waals surface area (Å²) in [4.78, 5) is 63.7. The molecule has 3 amide bonds. The maximum absolute atomic E-state index is 14.0. The van der Waals surface area contributed by atoms with Gasteiger partial charge in [0.05, 0.1) is 27.5 Å². The first kappa shape index (κ1) is 33.1. The van der Waals surface area contributed by atoms with Crippen molar-refractivity contribution in [3.05, 3.63) is 111 Å². The number of amides is 3. The Bertz CT molecular complexity index is 1800. The highest BCUT2D eigenvalue weighted by Gasteiger charge is 2.88. The number of halogens is 7. The Morgan fingerprint density at radius 2 is 1.20 bits per heavy atom. The SMILES string of the molecule is O=C(CN(C(=O)c1ccc(Cl)cc1)N1C(=O)[C@H]2[C@H](C1=O)[C@@]1(Cl)C(Cl)=C(Cl)[C@@]2(Cl)C1(Cl)Cl)c1ccc(OC(=O)c2ccccc2)cc1. The second-order valence-electron chi connectivity index (χ2n) is 10.6. The van der Waals surface area contributed by atoms with Gasteiger partial charge < -0.3 is 4.74 Å². The lowest BCUT2D eigenvalue weighted by Crippen LogP contribution is -2.56. The van der Waals surface area contributed by atoms with Crippen LogP contribution < -0.4 is 4.74 Å². The van der Waals surface area contributed by atoms with E-state index in [0.717, 1.165) is 0 Å². The third-order valence-electron chi connectivity index (χ3n) is 8.14. The topological polar surface area (TPSA) is 101 Å². The van der Waals surface area contributed by atoms with Gasteiger partial charge in [0.1, 0.15) is 22.0 Å². The third kappa shape index (κ3) is 4.68. The van der Waals surface area contributed by atoms with Crippen molar-refractivity contribution in [2.75, 3.05) is 6.54 Å². The zero-order chi connectivity index (χ0) is 33.3. The zero-order valence-corrected chi connectivity index (χ0v) is 28.1. The summed E-state index contributed by atoms with van der Waals surface area (Å²) in [5, 5.41) is 0.899. The second kappa shape index (κ2) is 11.7. The maximum Gasteiger partial charge on any atom is 0.343 e. The van der Waals surface area contributed by atoms with Gasteiger partial charge in [-0.25, -0.2) is 9.80 Å². The van der Waals surface area contributed by atoms with Crippen molar-refractivity contribution in [3.8, 4) is 5.75 Å². The van der Waals surface area contributed by atoms with Crippen LogP contribution in [0.1, 0.15) is 31.1 Å². The van der Waals surface area contributed by atoms with Crippen LogP contribution in [0.5, 0.6) is 5.75 Å². The van der Waals surface area contributed by atoms with Crippen LogP contribution in [0.25, 0.3) is 0 Å². The van der Waals surface area contributed by atoms with E-state index in [0.29, 0.717) is 20.6 Å². The standard InChI is InChI=1S/C31H17Cl7N2O6/c32-18-10-6-16(7-11-18)25(42)39(14-20(41)15-8-12-19(13-9-15)46-28(45)17-4-2-1-3-5-17)40-26(43)21-22(27(40)44)30(36)24(34)23(33)29(21,35)31(30,37)38/h1-13,21-22H,14H2/t21-,22-,29-,30-/m1/s1. The minimum absolute atomic E-state index is 0.000371. The minimum Gasteiger partial charge on any atom is -0.423 e. The van der Waals surface area contributed by atoms with Gasteiger partial charge in [0.15, 0.2) is 10.1 Å². The van der Waals surface area contributed by atoms with Gasteiger partial charge in [-0.3, -0.25) is 19.2 Å². The average Bonchev–Trinajstić information content (AvgIpc) is 3.43. The number of allylic oxidation sites excluding steroid dienone is 2. The van der Waals surface area contributed by atoms with Gasteiger partial charge in [0, 0.05) is 16.1 Å². The van der Waals surface area contributed by atoms with E-state index in [1.165, 1.54) is 48.5 Å². The van der Waals surface area contributed by atoms with E-state index in [-0.39, 0.29) is 26.9 Å². The normalized spacial score (nSPS) is 25.9. The molecular formula is C31H17Cl7N2O6. The van der Waals surface area contributed by atoms with Crippen molar-refractivity contribution < 1.29 is 28.7 Å². The third-order valence-corrected chi connectivity index (χ3v) is 12.7. The van der Waals surface area contributed by atoms with Gasteiger partial charge in [-0.15, -0.1) is 23.2 Å². The maximum atomic E-state index is 14.0. The summed E-state index contributed by atoms with van der Waals surface area (Å²) in [6.07, 6.45) is 0. The Morgan fingerprint density at radius 3 is 1.72 bits per heavy atom. The summed E-state index contributed by atoms with van der Waals surface area (Å²) in [6.45, 7) is -0.784. The van der Waals surface area contributed by atoms with Crippen molar-refractivity contribution in [1.29, 1.82) is 0 Å². The molecule has 15 heteroatoms. The number of fused-ring (bicyclic) bond motifs is 5. The fourth-order valence-electron chi connectivity index (χ4n) is 5.87. The smallest absolute Gasteiger partial charge is 0.343 e. The molecule has 2 aliphatic carbocycles. The molecule has 3 aromatic carbocycles. The summed E-state index contributed by atoms with van der Waals surface area (Å²) in [6, 6.07) is 19.4. The van der Waals surface area contributed by atoms with Gasteiger partial charge >= 0.3 is 5.97 Å². The van der Waals surface area contributed by atoms with Crippen molar-refractivity contribution in [2.45, 2.75) is 14.1 Å². The van der Waals surface area contributed by atoms with Crippen molar-refractivity contribution >= 4 is 111 Å². The molecule has 1 aliphatic heterocycles. The molecule has 0 radical (unpaired) electrons. The average molecular weight is 762 g/mol. The monoisotopic (exact) mass is 758 g/mol. The molecule has 0 N–H and O–H groups in total. The number of nitrogens with zero attached hydrogens (tertiary/aromatic N) is 2. The lowest BCUT2D eigenvalue weighted by atomic mass is 9.84. The number of carbonyl (C=O) groups excluding carboxylic acids is 5. The number of alkyl halides is 4. The lowest BCUT2D eigenvalue weighted by Gasteiger charge is -2.36. The van der Waals surface area contributed by atoms with E-state index < -0.39 is 61.9 Å². The molecule has 3 aliphatic rings. The molecule has 8 nitrogen and oxygen atoms in total. The summed E-state index contributed by atoms with van der Waals surface area (Å²) in [7, 11) is 0. The summed E-state index contributed by atoms with van der Waals surface area (Å²) < 4.78 is 3.17. The van der Waals surface area contributed by atoms with Crippen molar-refractivity contribution in [1.82, 2.24) is 10.0 Å². The van der Waals surface area contributed by atoms with Gasteiger partial charge in [-0.2, -0.15) is 5.01 Å². The number of imide groups is 1. The molecule has 46 heavy (non-hydrogen) atoms. The molecule has 6 rings (SSSR count). The quantitative estimate of drug-likeness (QED) is 0.0828. The number of hydrogen-bond acceptors (Lipinski definition) is 6. The van der Waals surface area contributed by atoms with E-state index in [2.05, 4.69) is 0 Å². The number of esters is 1. The van der Waals surface area contributed by atoms with Crippen molar-refractivity contribution in [3.63, 3.8) is 0 Å². The Morgan fingerprint density at radius 1 is 0.696 bits per heavy atom. The molecule has 3 aromatic rings. The molecule has 2 fully saturated rings. The van der Waals surface area contributed by atoms with Crippen LogP contribution >= 0.6 is 81.2 Å². The minimum atomic E-state index is -2.18. The van der Waals surface area contributed by atoms with Gasteiger partial charge in [0.25, 0.3) is 17.7 Å². The summed E-state index contributed by atoms with van der Waals surface area (Å²) in [5.74, 6) is -7.11. The molecule has 4 atom stereocenters. The first-order valence-electron chi connectivity index (χ1n) is 13.3. The Kier molecular flexibility index (Phi) is 8.42. The molecular weight excluding hydrogens is 745 g/mol. The highest BCUT2D eigenvalue weighted by atomic mass is 35.5. The highest BCUT2D eigenvalue weighted by molar-refractivity contribution is 6.66. The Balaban J connectivity index is 1.32. The lowest BCUT2D eigenvalue weighted by molar-refractivity contribution is -0.154. The van der Waals surface area contributed by atoms with Crippen LogP contribution in [0.3, 0.4) is 0 Å². The number of carbonyl (C=O) groups is 5. The largest absolute Gasteiger partial charge is 0.423 e. The van der Waals surface area contributed by atoms with E-state index in [9.17, 15) is 24.0 Å². The van der Waals surface area contributed by atoms with Crippen LogP contribution in [0.15, 0.2) is 88.9 Å². The first-order chi connectivity index (χ1) is 21.7. The number of rotatable bonds is 7. The van der Waals surface area contributed by atoms with Crippen LogP contribution in [0.4, 0.5) is 0 Å². The zero-order valence-electron chi connectivity index (χ0n) is 22.9. The van der Waals surface area contributed by atoms with E-state index in [1.54, 1.807) is 30.3 Å². The number of benzene rings is 3. The molecule has 236 valence electrons. The van der Waals surface area contributed by atoms with Crippen molar-refractivity contribution in [2.24, 2.45) is 11.8 Å². The van der Waals surface area contributed by atoms with E-state index in [4.69, 9.17) is 85.9 Å². The molecule has 2 bridgehead atoms. The van der Waals surface area contributed by atoms with Gasteiger partial charge in [-0.05, 0) is 60.7 Å². The predicted molar refractivity (Wildman–Crippen MR) is 174 cm³/mol. The van der Waals surface area contributed by atoms with Crippen LogP contribution in [0.2, 0.25) is 5.02 Å². The van der Waals surface area contributed by atoms with Crippen LogP contribution in [-0.2, 0) is 9.59 Å². The van der Waals surface area contributed by atoms with Crippen LogP contribution in [0, 0.1) is 11.8 Å².